The number of hydrogen-bond acceptors (Lipinski definition) is 6. The molecule has 128 valence electrons. The third-order valence-corrected chi connectivity index (χ3v) is 3.73. The molecule has 1 N–H and O–H groups in total. The molecule has 0 aliphatic heterocycles. The number of aromatic nitrogens is 2. The molecule has 0 radical (unpaired) electrons. The minimum atomic E-state index is 0.382. The van der Waals surface area contributed by atoms with Crippen LogP contribution in [0.4, 0.5) is 11.6 Å². The maximum Gasteiger partial charge on any atom is 0.230 e. The maximum atomic E-state index is 11.0. The monoisotopic (exact) mass is 344 g/mol. The third kappa shape index (κ3) is 3.84. The van der Waals surface area contributed by atoms with Crippen molar-refractivity contribution in [2.45, 2.75) is 13.8 Å². The van der Waals surface area contributed by atoms with E-state index in [4.69, 9.17) is 10.00 Å². The Bertz CT molecular complexity index is 968. The van der Waals surface area contributed by atoms with E-state index in [1.54, 1.807) is 48.7 Å². The first-order valence-corrected chi connectivity index (χ1v) is 7.93. The second-order valence-electron chi connectivity index (χ2n) is 5.74. The Morgan fingerprint density at radius 3 is 2.42 bits per heavy atom. The van der Waals surface area contributed by atoms with Crippen LogP contribution in [0, 0.1) is 25.2 Å². The first-order chi connectivity index (χ1) is 12.6. The Hall–Kier alpha value is -3.72. The van der Waals surface area contributed by atoms with Gasteiger partial charge in [0.15, 0.2) is 0 Å². The molecule has 0 saturated heterocycles. The molecular formula is C20H16N4O2. The highest BCUT2D eigenvalue weighted by atomic mass is 16.5. The number of nitrogens with one attached hydrogen (secondary N) is 1. The van der Waals surface area contributed by atoms with Gasteiger partial charge in [-0.3, -0.25) is 4.79 Å². The second kappa shape index (κ2) is 7.45. The smallest absolute Gasteiger partial charge is 0.230 e. The van der Waals surface area contributed by atoms with Crippen LogP contribution in [0.2, 0.25) is 0 Å². The van der Waals surface area contributed by atoms with Crippen molar-refractivity contribution in [3.8, 4) is 17.7 Å². The number of carbonyl (C=O) groups is 1. The molecule has 6 heteroatoms. The third-order valence-electron chi connectivity index (χ3n) is 3.73. The molecule has 0 aliphatic carbocycles. The Morgan fingerprint density at radius 2 is 1.81 bits per heavy atom. The number of anilines is 2. The van der Waals surface area contributed by atoms with Crippen LogP contribution in [0.1, 0.15) is 27.0 Å². The van der Waals surface area contributed by atoms with Gasteiger partial charge >= 0.3 is 0 Å². The molecule has 3 rings (SSSR count). The van der Waals surface area contributed by atoms with Crippen molar-refractivity contribution in [2.75, 3.05) is 5.32 Å². The Balaban J connectivity index is 1.81. The molecule has 0 atom stereocenters. The van der Waals surface area contributed by atoms with Crippen molar-refractivity contribution in [1.29, 1.82) is 5.26 Å². The van der Waals surface area contributed by atoms with Gasteiger partial charge in [-0.05, 0) is 61.4 Å². The number of nitrogens with zero attached hydrogens (tertiary/aromatic N) is 3. The van der Waals surface area contributed by atoms with Gasteiger partial charge in [0.2, 0.25) is 11.8 Å². The van der Waals surface area contributed by atoms with E-state index in [2.05, 4.69) is 21.4 Å². The summed E-state index contributed by atoms with van der Waals surface area (Å²) in [7, 11) is 0. The van der Waals surface area contributed by atoms with Crippen LogP contribution < -0.4 is 10.1 Å². The highest BCUT2D eigenvalue weighted by molar-refractivity contribution is 5.76. The molecule has 0 spiro atoms. The number of rotatable bonds is 5. The van der Waals surface area contributed by atoms with E-state index in [1.807, 2.05) is 13.8 Å². The minimum Gasteiger partial charge on any atom is -0.438 e. The average molecular weight is 344 g/mol. The maximum absolute atomic E-state index is 11.0. The number of aryl methyl sites for hydroxylation is 2. The Kier molecular flexibility index (Phi) is 4.90. The SMILES string of the molecule is Cc1cc(C=O)cc(C)c1Oc1ccnc(Nc2ccc(C#N)cc2)n1. The van der Waals surface area contributed by atoms with Gasteiger partial charge in [-0.25, -0.2) is 4.98 Å². The van der Waals surface area contributed by atoms with Gasteiger partial charge in [-0.2, -0.15) is 10.2 Å². The van der Waals surface area contributed by atoms with Gasteiger partial charge in [0.1, 0.15) is 12.0 Å². The van der Waals surface area contributed by atoms with E-state index in [1.165, 1.54) is 0 Å². The molecule has 6 nitrogen and oxygen atoms in total. The lowest BCUT2D eigenvalue weighted by Gasteiger charge is -2.12. The van der Waals surface area contributed by atoms with Crippen molar-refractivity contribution in [1.82, 2.24) is 9.97 Å². The summed E-state index contributed by atoms with van der Waals surface area (Å²) < 4.78 is 5.90. The van der Waals surface area contributed by atoms with Crippen molar-refractivity contribution in [2.24, 2.45) is 0 Å². The van der Waals surface area contributed by atoms with Crippen LogP contribution in [0.15, 0.2) is 48.7 Å². The number of benzene rings is 2. The van der Waals surface area contributed by atoms with Gasteiger partial charge in [0.25, 0.3) is 0 Å². The average Bonchev–Trinajstić information content (AvgIpc) is 2.65. The normalized spacial score (nSPS) is 10.0. The van der Waals surface area contributed by atoms with E-state index in [0.717, 1.165) is 23.1 Å². The minimum absolute atomic E-state index is 0.382. The van der Waals surface area contributed by atoms with E-state index < -0.39 is 0 Å². The molecule has 2 aromatic carbocycles. The summed E-state index contributed by atoms with van der Waals surface area (Å²) in [6.45, 7) is 3.76. The summed E-state index contributed by atoms with van der Waals surface area (Å²) in [5, 5.41) is 11.9. The lowest BCUT2D eigenvalue weighted by Crippen LogP contribution is -2.00. The zero-order valence-corrected chi connectivity index (χ0v) is 14.4. The van der Waals surface area contributed by atoms with Crippen molar-refractivity contribution in [3.63, 3.8) is 0 Å². The fraction of sp³-hybridized carbons (Fsp3) is 0.100. The summed E-state index contributed by atoms with van der Waals surface area (Å²) in [5.74, 6) is 1.44. The Labute approximate surface area is 151 Å². The van der Waals surface area contributed by atoms with Crippen LogP contribution in [0.5, 0.6) is 11.6 Å². The van der Waals surface area contributed by atoms with Gasteiger partial charge in [-0.15, -0.1) is 0 Å². The first-order valence-electron chi connectivity index (χ1n) is 7.93. The molecule has 0 fully saturated rings. The largest absolute Gasteiger partial charge is 0.438 e. The van der Waals surface area contributed by atoms with Gasteiger partial charge < -0.3 is 10.1 Å². The molecular weight excluding hydrogens is 328 g/mol. The van der Waals surface area contributed by atoms with Crippen molar-refractivity contribution >= 4 is 17.9 Å². The summed E-state index contributed by atoms with van der Waals surface area (Å²) in [5.41, 5.74) is 3.67. The molecule has 0 bridgehead atoms. The van der Waals surface area contributed by atoms with Crippen LogP contribution in [-0.2, 0) is 0 Å². The number of aldehydes is 1. The lowest BCUT2D eigenvalue weighted by atomic mass is 10.1. The van der Waals surface area contributed by atoms with Crippen molar-refractivity contribution in [3.05, 3.63) is 70.9 Å². The van der Waals surface area contributed by atoms with E-state index in [0.29, 0.717) is 28.7 Å². The molecule has 0 saturated carbocycles. The highest BCUT2D eigenvalue weighted by Crippen LogP contribution is 2.29. The molecule has 3 aromatic rings. The van der Waals surface area contributed by atoms with Gasteiger partial charge in [-0.1, -0.05) is 0 Å². The van der Waals surface area contributed by atoms with Crippen molar-refractivity contribution < 1.29 is 9.53 Å². The molecule has 1 aromatic heterocycles. The quantitative estimate of drug-likeness (QED) is 0.694. The lowest BCUT2D eigenvalue weighted by molar-refractivity contribution is 0.112. The Morgan fingerprint density at radius 1 is 1.12 bits per heavy atom. The number of carbonyl (C=O) groups excluding carboxylic acids is 1. The molecule has 1 heterocycles. The van der Waals surface area contributed by atoms with E-state index >= 15 is 0 Å². The zero-order chi connectivity index (χ0) is 18.5. The second-order valence-corrected chi connectivity index (χ2v) is 5.74. The summed E-state index contributed by atoms with van der Waals surface area (Å²) in [6.07, 6.45) is 2.41. The van der Waals surface area contributed by atoms with Crippen LogP contribution in [-0.4, -0.2) is 16.3 Å². The molecule has 26 heavy (non-hydrogen) atoms. The highest BCUT2D eigenvalue weighted by Gasteiger charge is 2.09. The topological polar surface area (TPSA) is 87.9 Å². The van der Waals surface area contributed by atoms with E-state index in [-0.39, 0.29) is 0 Å². The summed E-state index contributed by atoms with van der Waals surface area (Å²) >= 11 is 0. The first kappa shape index (κ1) is 17.1. The fourth-order valence-corrected chi connectivity index (χ4v) is 2.53. The molecule has 0 amide bonds. The number of ether oxygens (including phenoxy) is 1. The van der Waals surface area contributed by atoms with E-state index in [9.17, 15) is 4.79 Å². The predicted octanol–water partition coefficient (Wildman–Crippen LogP) is 4.31. The zero-order valence-electron chi connectivity index (χ0n) is 14.4. The standard InChI is InChI=1S/C20H16N4O2/c1-13-9-16(12-25)10-14(2)19(13)26-18-7-8-22-20(24-18)23-17-5-3-15(11-21)4-6-17/h3-10,12H,1-2H3,(H,22,23,24). The van der Waals surface area contributed by atoms with Gasteiger partial charge in [0, 0.05) is 23.5 Å². The van der Waals surface area contributed by atoms with Crippen LogP contribution in [0.3, 0.4) is 0 Å². The van der Waals surface area contributed by atoms with Crippen LogP contribution >= 0.6 is 0 Å². The van der Waals surface area contributed by atoms with Crippen LogP contribution in [0.25, 0.3) is 0 Å². The molecule has 0 aliphatic rings. The summed E-state index contributed by atoms with van der Waals surface area (Å²) in [6, 6.07) is 14.3. The molecule has 0 unspecified atom stereocenters. The predicted molar refractivity (Wildman–Crippen MR) is 97.8 cm³/mol. The summed E-state index contributed by atoms with van der Waals surface area (Å²) in [4.78, 5) is 19.5. The fourth-order valence-electron chi connectivity index (χ4n) is 2.53. The van der Waals surface area contributed by atoms with Gasteiger partial charge in [0.05, 0.1) is 11.6 Å². The number of hydrogen-bond donors (Lipinski definition) is 1. The number of nitriles is 1.